The zero-order chi connectivity index (χ0) is 14.4. The topological polar surface area (TPSA) is 33.1 Å². The van der Waals surface area contributed by atoms with Gasteiger partial charge in [0.2, 0.25) is 0 Å². The van der Waals surface area contributed by atoms with E-state index in [4.69, 9.17) is 0 Å². The maximum Gasteiger partial charge on any atom is 0.122 e. The molecule has 2 rings (SSSR count). The van der Waals surface area contributed by atoms with Crippen LogP contribution in [0.2, 0.25) is 0 Å². The second-order valence-electron chi connectivity index (χ2n) is 5.23. The Kier molecular flexibility index (Phi) is 5.32. The molecule has 1 heterocycles. The summed E-state index contributed by atoms with van der Waals surface area (Å²) in [5.74, 6) is 1.10. The smallest absolute Gasteiger partial charge is 0.122 e. The van der Waals surface area contributed by atoms with Crippen LogP contribution in [0.25, 0.3) is 0 Å². The summed E-state index contributed by atoms with van der Waals surface area (Å²) in [6, 6.07) is 11.0. The maximum absolute atomic E-state index is 4.37. The average Bonchev–Trinajstić information content (AvgIpc) is 2.86. The lowest BCUT2D eigenvalue weighted by Gasteiger charge is -2.21. The van der Waals surface area contributed by atoms with Gasteiger partial charge in [0, 0.05) is 32.0 Å². The summed E-state index contributed by atoms with van der Waals surface area (Å²) in [5.41, 5.74) is 1.35. The van der Waals surface area contributed by atoms with Crippen molar-refractivity contribution in [2.75, 3.05) is 20.6 Å². The number of nitrogens with zero attached hydrogens (tertiary/aromatic N) is 3. The van der Waals surface area contributed by atoms with Gasteiger partial charge in [0.05, 0.1) is 6.54 Å². The molecule has 1 unspecified atom stereocenters. The van der Waals surface area contributed by atoms with E-state index >= 15 is 0 Å². The fourth-order valence-corrected chi connectivity index (χ4v) is 2.38. The predicted octanol–water partition coefficient (Wildman–Crippen LogP) is 2.20. The van der Waals surface area contributed by atoms with Gasteiger partial charge in [-0.2, -0.15) is 0 Å². The quantitative estimate of drug-likeness (QED) is 0.839. The number of hydrogen-bond acceptors (Lipinski definition) is 3. The van der Waals surface area contributed by atoms with Crippen LogP contribution in [0.5, 0.6) is 0 Å². The SMILES string of the molecule is CNC(CCN(C)Cc1nccn1C)c1ccccc1. The van der Waals surface area contributed by atoms with Crippen molar-refractivity contribution < 1.29 is 0 Å². The van der Waals surface area contributed by atoms with Gasteiger partial charge < -0.3 is 9.88 Å². The molecule has 1 aromatic heterocycles. The molecule has 0 aliphatic rings. The molecule has 20 heavy (non-hydrogen) atoms. The molecule has 0 bridgehead atoms. The molecule has 0 radical (unpaired) electrons. The standard InChI is InChI=1S/C16H24N4/c1-17-15(14-7-5-4-6-8-14)9-11-19(2)13-16-18-10-12-20(16)3/h4-8,10,12,15,17H,9,11,13H2,1-3H3. The van der Waals surface area contributed by atoms with E-state index in [1.807, 2.05) is 26.5 Å². The minimum atomic E-state index is 0.403. The van der Waals surface area contributed by atoms with Gasteiger partial charge in [-0.3, -0.25) is 4.90 Å². The molecular weight excluding hydrogens is 248 g/mol. The third kappa shape index (κ3) is 3.92. The van der Waals surface area contributed by atoms with Crippen LogP contribution in [0.4, 0.5) is 0 Å². The molecule has 0 saturated heterocycles. The van der Waals surface area contributed by atoms with E-state index < -0.39 is 0 Å². The lowest BCUT2D eigenvalue weighted by atomic mass is 10.0. The molecule has 0 aliphatic carbocycles. The highest BCUT2D eigenvalue weighted by Gasteiger charge is 2.11. The number of hydrogen-bond donors (Lipinski definition) is 1. The number of rotatable bonds is 7. The normalized spacial score (nSPS) is 12.8. The van der Waals surface area contributed by atoms with Crippen LogP contribution in [-0.4, -0.2) is 35.1 Å². The summed E-state index contributed by atoms with van der Waals surface area (Å²) < 4.78 is 2.07. The van der Waals surface area contributed by atoms with E-state index in [1.165, 1.54) is 5.56 Å². The van der Waals surface area contributed by atoms with Gasteiger partial charge in [0.1, 0.15) is 5.82 Å². The van der Waals surface area contributed by atoms with E-state index in [9.17, 15) is 0 Å². The Labute approximate surface area is 121 Å². The van der Waals surface area contributed by atoms with E-state index in [-0.39, 0.29) is 0 Å². The first-order valence-electron chi connectivity index (χ1n) is 7.07. The number of nitrogens with one attached hydrogen (secondary N) is 1. The van der Waals surface area contributed by atoms with Crippen LogP contribution in [-0.2, 0) is 13.6 Å². The second kappa shape index (κ2) is 7.22. The van der Waals surface area contributed by atoms with Crippen LogP contribution in [0.15, 0.2) is 42.7 Å². The van der Waals surface area contributed by atoms with Gasteiger partial charge in [-0.15, -0.1) is 0 Å². The Morgan fingerprint density at radius 3 is 2.65 bits per heavy atom. The molecule has 0 fully saturated rings. The highest BCUT2D eigenvalue weighted by Crippen LogP contribution is 2.16. The minimum absolute atomic E-state index is 0.403. The molecular formula is C16H24N4. The molecule has 4 nitrogen and oxygen atoms in total. The Balaban J connectivity index is 1.86. The average molecular weight is 272 g/mol. The van der Waals surface area contributed by atoms with Gasteiger partial charge in [0.25, 0.3) is 0 Å². The molecule has 0 saturated carbocycles. The van der Waals surface area contributed by atoms with Crippen molar-refractivity contribution in [1.82, 2.24) is 19.8 Å². The highest BCUT2D eigenvalue weighted by atomic mass is 15.1. The van der Waals surface area contributed by atoms with Crippen molar-refractivity contribution in [3.05, 3.63) is 54.1 Å². The molecule has 108 valence electrons. The largest absolute Gasteiger partial charge is 0.337 e. The molecule has 1 aromatic carbocycles. The van der Waals surface area contributed by atoms with Gasteiger partial charge >= 0.3 is 0 Å². The number of aromatic nitrogens is 2. The molecule has 1 N–H and O–H groups in total. The summed E-state index contributed by atoms with van der Waals surface area (Å²) in [7, 11) is 6.21. The van der Waals surface area contributed by atoms with Crippen molar-refractivity contribution in [3.8, 4) is 0 Å². The van der Waals surface area contributed by atoms with Crippen molar-refractivity contribution in [3.63, 3.8) is 0 Å². The third-order valence-corrected chi connectivity index (χ3v) is 3.68. The Bertz CT molecular complexity index is 506. The molecule has 0 spiro atoms. The zero-order valence-electron chi connectivity index (χ0n) is 12.6. The summed E-state index contributed by atoms with van der Waals surface area (Å²) >= 11 is 0. The highest BCUT2D eigenvalue weighted by molar-refractivity contribution is 5.18. The Morgan fingerprint density at radius 1 is 1.30 bits per heavy atom. The summed E-state index contributed by atoms with van der Waals surface area (Å²) in [6.45, 7) is 1.92. The van der Waals surface area contributed by atoms with Crippen molar-refractivity contribution in [2.45, 2.75) is 19.0 Å². The summed E-state index contributed by atoms with van der Waals surface area (Å²) in [4.78, 5) is 6.68. The first kappa shape index (κ1) is 14.8. The van der Waals surface area contributed by atoms with E-state index in [1.54, 1.807) is 0 Å². The fraction of sp³-hybridized carbons (Fsp3) is 0.438. The monoisotopic (exact) mass is 272 g/mol. The van der Waals surface area contributed by atoms with Crippen molar-refractivity contribution in [2.24, 2.45) is 7.05 Å². The van der Waals surface area contributed by atoms with E-state index in [0.29, 0.717) is 6.04 Å². The maximum atomic E-state index is 4.37. The first-order chi connectivity index (χ1) is 9.70. The van der Waals surface area contributed by atoms with Crippen LogP contribution >= 0.6 is 0 Å². The fourth-order valence-electron chi connectivity index (χ4n) is 2.38. The van der Waals surface area contributed by atoms with Crippen LogP contribution < -0.4 is 5.32 Å². The van der Waals surface area contributed by atoms with Crippen molar-refractivity contribution >= 4 is 0 Å². The molecule has 4 heteroatoms. The Morgan fingerprint density at radius 2 is 2.05 bits per heavy atom. The number of imidazole rings is 1. The van der Waals surface area contributed by atoms with E-state index in [2.05, 4.69) is 57.1 Å². The van der Waals surface area contributed by atoms with Gasteiger partial charge in [-0.05, 0) is 26.1 Å². The van der Waals surface area contributed by atoms with Crippen LogP contribution in [0.3, 0.4) is 0 Å². The molecule has 0 aliphatic heterocycles. The lowest BCUT2D eigenvalue weighted by molar-refractivity contribution is 0.294. The Hall–Kier alpha value is -1.65. The van der Waals surface area contributed by atoms with Gasteiger partial charge in [0.15, 0.2) is 0 Å². The summed E-state index contributed by atoms with van der Waals surface area (Å²) in [6.07, 6.45) is 4.93. The van der Waals surface area contributed by atoms with Crippen LogP contribution in [0.1, 0.15) is 23.9 Å². The first-order valence-corrected chi connectivity index (χ1v) is 7.07. The molecule has 2 aromatic rings. The third-order valence-electron chi connectivity index (χ3n) is 3.68. The minimum Gasteiger partial charge on any atom is -0.337 e. The lowest BCUT2D eigenvalue weighted by Crippen LogP contribution is -2.26. The van der Waals surface area contributed by atoms with Gasteiger partial charge in [-0.1, -0.05) is 30.3 Å². The van der Waals surface area contributed by atoms with Gasteiger partial charge in [-0.25, -0.2) is 4.98 Å². The number of aryl methyl sites for hydroxylation is 1. The molecule has 1 atom stereocenters. The number of benzene rings is 1. The molecule has 0 amide bonds. The second-order valence-corrected chi connectivity index (χ2v) is 5.23. The predicted molar refractivity (Wildman–Crippen MR) is 82.4 cm³/mol. The summed E-state index contributed by atoms with van der Waals surface area (Å²) in [5, 5.41) is 3.40. The zero-order valence-corrected chi connectivity index (χ0v) is 12.6. The van der Waals surface area contributed by atoms with Crippen LogP contribution in [0, 0.1) is 0 Å². The van der Waals surface area contributed by atoms with Crippen molar-refractivity contribution in [1.29, 1.82) is 0 Å². The van der Waals surface area contributed by atoms with E-state index in [0.717, 1.165) is 25.3 Å².